The first-order valence-electron chi connectivity index (χ1n) is 11.3. The molecule has 188 valence electrons. The van der Waals surface area contributed by atoms with Crippen LogP contribution in [0.25, 0.3) is 6.08 Å². The highest BCUT2D eigenvalue weighted by atomic mass is 32.2. The van der Waals surface area contributed by atoms with Crippen LogP contribution in [0, 0.1) is 24.0 Å². The molecule has 0 radical (unpaired) electrons. The molecule has 1 heterocycles. The molecule has 1 N–H and O–H groups in total. The van der Waals surface area contributed by atoms with Crippen LogP contribution in [0.5, 0.6) is 5.75 Å². The fraction of sp³-hybridized carbons (Fsp3) is 0.148. The zero-order chi connectivity index (χ0) is 26.5. The molecule has 0 aromatic heterocycles. The van der Waals surface area contributed by atoms with Crippen molar-refractivity contribution in [2.75, 3.05) is 11.9 Å². The van der Waals surface area contributed by atoms with E-state index in [0.717, 1.165) is 27.8 Å². The van der Waals surface area contributed by atoms with Gasteiger partial charge in [0, 0.05) is 23.4 Å². The van der Waals surface area contributed by atoms with Crippen LogP contribution < -0.4 is 10.1 Å². The molecule has 9 nitrogen and oxygen atoms in total. The van der Waals surface area contributed by atoms with Crippen LogP contribution in [0.2, 0.25) is 0 Å². The summed E-state index contributed by atoms with van der Waals surface area (Å²) in [6.45, 7) is 3.65. The summed E-state index contributed by atoms with van der Waals surface area (Å²) in [5, 5.41) is 13.2. The smallest absolute Gasteiger partial charge is 0.293 e. The lowest BCUT2D eigenvalue weighted by molar-refractivity contribution is -0.384. The normalized spacial score (nSPS) is 14.2. The van der Waals surface area contributed by atoms with Gasteiger partial charge < -0.3 is 10.1 Å². The molecular weight excluding hydrogens is 494 g/mol. The monoisotopic (exact) mass is 517 g/mol. The van der Waals surface area contributed by atoms with Gasteiger partial charge in [-0.2, -0.15) is 0 Å². The van der Waals surface area contributed by atoms with Crippen molar-refractivity contribution in [2.45, 2.75) is 20.4 Å². The van der Waals surface area contributed by atoms with Gasteiger partial charge in [0.1, 0.15) is 5.75 Å². The topological polar surface area (TPSA) is 119 Å². The zero-order valence-electron chi connectivity index (χ0n) is 20.1. The maximum Gasteiger partial charge on any atom is 0.293 e. The molecule has 1 aliphatic heterocycles. The number of nitro benzene ring substituents is 1. The molecule has 0 atom stereocenters. The molecule has 1 aliphatic rings. The average molecular weight is 518 g/mol. The van der Waals surface area contributed by atoms with E-state index in [0.29, 0.717) is 22.6 Å². The summed E-state index contributed by atoms with van der Waals surface area (Å²) in [5.74, 6) is -0.415. The molecule has 4 rings (SSSR count). The largest absolute Gasteiger partial charge is 0.483 e. The van der Waals surface area contributed by atoms with Gasteiger partial charge in [-0.3, -0.25) is 29.4 Å². The number of benzene rings is 3. The van der Waals surface area contributed by atoms with Gasteiger partial charge in [0.25, 0.3) is 22.7 Å². The van der Waals surface area contributed by atoms with Crippen molar-refractivity contribution in [2.24, 2.45) is 0 Å². The van der Waals surface area contributed by atoms with Crippen LogP contribution >= 0.6 is 11.8 Å². The summed E-state index contributed by atoms with van der Waals surface area (Å²) < 4.78 is 5.73. The number of nitrogens with one attached hydrogen (secondary N) is 1. The van der Waals surface area contributed by atoms with Crippen molar-refractivity contribution >= 4 is 46.3 Å². The Hall–Kier alpha value is -4.44. The van der Waals surface area contributed by atoms with E-state index < -0.39 is 16.1 Å². The van der Waals surface area contributed by atoms with Gasteiger partial charge in [0.15, 0.2) is 6.61 Å². The first-order chi connectivity index (χ1) is 17.7. The van der Waals surface area contributed by atoms with Gasteiger partial charge in [0.2, 0.25) is 0 Å². The van der Waals surface area contributed by atoms with Crippen LogP contribution in [0.3, 0.4) is 0 Å². The summed E-state index contributed by atoms with van der Waals surface area (Å²) in [7, 11) is 0. The minimum atomic E-state index is -0.515. The van der Waals surface area contributed by atoms with Crippen molar-refractivity contribution in [1.82, 2.24) is 4.90 Å². The SMILES string of the molecule is Cc1ccc(NC(=O)COc2ccccc2/C=C2\SC(=O)N(Cc3ccc([N+](=O)[O-])cc3)C2=O)c(C)c1. The Morgan fingerprint density at radius 1 is 1.08 bits per heavy atom. The number of thioether (sulfide) groups is 1. The summed E-state index contributed by atoms with van der Waals surface area (Å²) in [6.07, 6.45) is 1.55. The lowest BCUT2D eigenvalue weighted by Crippen LogP contribution is -2.27. The fourth-order valence-corrected chi connectivity index (χ4v) is 4.53. The van der Waals surface area contributed by atoms with Crippen molar-refractivity contribution in [3.05, 3.63) is 104 Å². The van der Waals surface area contributed by atoms with Crippen LogP contribution in [0.15, 0.2) is 71.6 Å². The van der Waals surface area contributed by atoms with Gasteiger partial charge in [-0.05, 0) is 54.9 Å². The maximum atomic E-state index is 12.9. The van der Waals surface area contributed by atoms with E-state index in [1.807, 2.05) is 32.0 Å². The standard InChI is InChI=1S/C27H23N3O6S/c1-17-7-12-22(18(2)13-17)28-25(31)16-36-23-6-4-3-5-20(23)14-24-26(32)29(27(33)37-24)15-19-8-10-21(11-9-19)30(34)35/h3-14H,15-16H2,1-2H3,(H,28,31)/b24-14-. The molecule has 0 spiro atoms. The highest BCUT2D eigenvalue weighted by Gasteiger charge is 2.35. The van der Waals surface area contributed by atoms with E-state index >= 15 is 0 Å². The zero-order valence-corrected chi connectivity index (χ0v) is 20.9. The summed E-state index contributed by atoms with van der Waals surface area (Å²) in [5.41, 5.74) is 3.80. The third-order valence-electron chi connectivity index (χ3n) is 5.58. The molecule has 0 saturated carbocycles. The Balaban J connectivity index is 1.43. The fourth-order valence-electron chi connectivity index (χ4n) is 3.70. The molecule has 3 amide bonds. The van der Waals surface area contributed by atoms with Crippen LogP contribution in [0.1, 0.15) is 22.3 Å². The van der Waals surface area contributed by atoms with E-state index in [-0.39, 0.29) is 29.7 Å². The molecule has 0 aliphatic carbocycles. The van der Waals surface area contributed by atoms with Gasteiger partial charge in [-0.1, -0.05) is 48.0 Å². The van der Waals surface area contributed by atoms with E-state index in [2.05, 4.69) is 5.32 Å². The molecule has 3 aromatic rings. The lowest BCUT2D eigenvalue weighted by Gasteiger charge is -2.12. The number of carbonyl (C=O) groups excluding carboxylic acids is 3. The molecule has 0 bridgehead atoms. The first-order valence-corrected chi connectivity index (χ1v) is 12.1. The molecule has 1 saturated heterocycles. The van der Waals surface area contributed by atoms with Gasteiger partial charge in [0.05, 0.1) is 16.4 Å². The number of hydrogen-bond acceptors (Lipinski definition) is 7. The van der Waals surface area contributed by atoms with Crippen LogP contribution in [-0.4, -0.2) is 33.5 Å². The van der Waals surface area contributed by atoms with E-state index in [4.69, 9.17) is 4.74 Å². The number of rotatable bonds is 8. The molecule has 0 unspecified atom stereocenters. The van der Waals surface area contributed by atoms with Crippen molar-refractivity contribution in [1.29, 1.82) is 0 Å². The number of aryl methyl sites for hydroxylation is 2. The Labute approximate surface area is 217 Å². The van der Waals surface area contributed by atoms with Gasteiger partial charge >= 0.3 is 0 Å². The number of anilines is 1. The van der Waals surface area contributed by atoms with Crippen molar-refractivity contribution < 1.29 is 24.0 Å². The summed E-state index contributed by atoms with van der Waals surface area (Å²) >= 11 is 0.797. The van der Waals surface area contributed by atoms with Crippen LogP contribution in [-0.2, 0) is 16.1 Å². The number of carbonyl (C=O) groups is 3. The average Bonchev–Trinajstić information content (AvgIpc) is 3.13. The molecular formula is C27H23N3O6S. The van der Waals surface area contributed by atoms with E-state index in [9.17, 15) is 24.5 Å². The second-order valence-electron chi connectivity index (χ2n) is 8.38. The third-order valence-corrected chi connectivity index (χ3v) is 6.49. The first kappa shape index (κ1) is 25.6. The summed E-state index contributed by atoms with van der Waals surface area (Å²) in [6, 6.07) is 18.3. The van der Waals surface area contributed by atoms with E-state index in [1.54, 1.807) is 30.3 Å². The van der Waals surface area contributed by atoms with Gasteiger partial charge in [-0.15, -0.1) is 0 Å². The summed E-state index contributed by atoms with van der Waals surface area (Å²) in [4.78, 5) is 49.5. The van der Waals surface area contributed by atoms with Crippen molar-refractivity contribution in [3.63, 3.8) is 0 Å². The number of imide groups is 1. The lowest BCUT2D eigenvalue weighted by atomic mass is 10.1. The van der Waals surface area contributed by atoms with Crippen LogP contribution in [0.4, 0.5) is 16.2 Å². The second kappa shape index (κ2) is 11.1. The number of hydrogen-bond donors (Lipinski definition) is 1. The number of amides is 3. The highest BCUT2D eigenvalue weighted by molar-refractivity contribution is 8.18. The number of nitro groups is 1. The highest BCUT2D eigenvalue weighted by Crippen LogP contribution is 2.35. The molecule has 10 heteroatoms. The number of ether oxygens (including phenoxy) is 1. The van der Waals surface area contributed by atoms with E-state index in [1.165, 1.54) is 24.3 Å². The Kier molecular flexibility index (Phi) is 7.69. The van der Waals surface area contributed by atoms with Gasteiger partial charge in [-0.25, -0.2) is 0 Å². The minimum absolute atomic E-state index is 0.00323. The van der Waals surface area contributed by atoms with Crippen molar-refractivity contribution in [3.8, 4) is 5.75 Å². The Morgan fingerprint density at radius 3 is 2.51 bits per heavy atom. The number of non-ortho nitro benzene ring substituents is 1. The number of nitrogens with zero attached hydrogens (tertiary/aromatic N) is 2. The predicted octanol–water partition coefficient (Wildman–Crippen LogP) is 5.47. The molecule has 37 heavy (non-hydrogen) atoms. The third kappa shape index (κ3) is 6.22. The maximum absolute atomic E-state index is 12.9. The Morgan fingerprint density at radius 2 is 1.81 bits per heavy atom. The minimum Gasteiger partial charge on any atom is -0.483 e. The second-order valence-corrected chi connectivity index (χ2v) is 9.38. The number of para-hydroxylation sites is 1. The predicted molar refractivity (Wildman–Crippen MR) is 141 cm³/mol. The molecule has 1 fully saturated rings. The quantitative estimate of drug-likeness (QED) is 0.239. The molecule has 3 aromatic carbocycles. The Bertz CT molecular complexity index is 1420.